The van der Waals surface area contributed by atoms with Gasteiger partial charge in [0.15, 0.2) is 0 Å². The van der Waals surface area contributed by atoms with Gasteiger partial charge < -0.3 is 10.3 Å². The monoisotopic (exact) mass is 293 g/mol. The number of nitrogens with zero attached hydrogens (tertiary/aromatic N) is 1. The summed E-state index contributed by atoms with van der Waals surface area (Å²) in [6, 6.07) is 8.63. The Bertz CT molecular complexity index is 453. The summed E-state index contributed by atoms with van der Waals surface area (Å²) in [5.74, 6) is 1.02. The van der Waals surface area contributed by atoms with Gasteiger partial charge in [0.2, 0.25) is 0 Å². The average molecular weight is 294 g/mol. The molecule has 1 unspecified atom stereocenters. The van der Waals surface area contributed by atoms with E-state index in [2.05, 4.69) is 56.3 Å². The number of nitrogens with one attached hydrogen (secondary N) is 2. The van der Waals surface area contributed by atoms with Gasteiger partial charge in [0.05, 0.1) is 0 Å². The molecule has 1 heterocycles. The third-order valence-electron chi connectivity index (χ3n) is 2.74. The Morgan fingerprint density at radius 1 is 1.41 bits per heavy atom. The highest BCUT2D eigenvalue weighted by atomic mass is 79.9. The summed E-state index contributed by atoms with van der Waals surface area (Å²) in [5.41, 5.74) is 1.28. The summed E-state index contributed by atoms with van der Waals surface area (Å²) in [4.78, 5) is 7.30. The third kappa shape index (κ3) is 3.41. The first-order chi connectivity index (χ1) is 8.27. The SMILES string of the molecule is CC(NCCc1ncc[nH]1)c1ccccc1Br. The van der Waals surface area contributed by atoms with E-state index in [9.17, 15) is 0 Å². The molecule has 0 radical (unpaired) electrons. The smallest absolute Gasteiger partial charge is 0.107 e. The van der Waals surface area contributed by atoms with E-state index in [4.69, 9.17) is 0 Å². The molecule has 0 aliphatic carbocycles. The molecule has 0 aliphatic heterocycles. The van der Waals surface area contributed by atoms with Gasteiger partial charge in [-0.25, -0.2) is 4.98 Å². The van der Waals surface area contributed by atoms with Crippen LogP contribution in [0.2, 0.25) is 0 Å². The molecule has 0 amide bonds. The van der Waals surface area contributed by atoms with Crippen LogP contribution in [0.25, 0.3) is 0 Å². The molecule has 2 N–H and O–H groups in total. The number of aromatic nitrogens is 2. The fourth-order valence-corrected chi connectivity index (χ4v) is 2.41. The second kappa shape index (κ2) is 5.98. The van der Waals surface area contributed by atoms with E-state index in [1.54, 1.807) is 6.20 Å². The number of aromatic amines is 1. The van der Waals surface area contributed by atoms with Crippen LogP contribution in [0.4, 0.5) is 0 Å². The van der Waals surface area contributed by atoms with E-state index >= 15 is 0 Å². The summed E-state index contributed by atoms with van der Waals surface area (Å²) in [5, 5.41) is 3.49. The fourth-order valence-electron chi connectivity index (χ4n) is 1.78. The van der Waals surface area contributed by atoms with Crippen molar-refractivity contribution in [3.05, 3.63) is 52.5 Å². The first-order valence-electron chi connectivity index (χ1n) is 5.73. The molecular formula is C13H16BrN3. The Labute approximate surface area is 110 Å². The van der Waals surface area contributed by atoms with Crippen molar-refractivity contribution in [3.63, 3.8) is 0 Å². The predicted molar refractivity (Wildman–Crippen MR) is 72.9 cm³/mol. The van der Waals surface area contributed by atoms with E-state index in [0.29, 0.717) is 6.04 Å². The number of benzene rings is 1. The molecular weight excluding hydrogens is 278 g/mol. The lowest BCUT2D eigenvalue weighted by molar-refractivity contribution is 0.569. The fraction of sp³-hybridized carbons (Fsp3) is 0.308. The number of imidazole rings is 1. The van der Waals surface area contributed by atoms with Gasteiger partial charge in [0.1, 0.15) is 5.82 Å². The van der Waals surface area contributed by atoms with E-state index in [0.717, 1.165) is 23.3 Å². The Kier molecular flexibility index (Phi) is 4.34. The Morgan fingerprint density at radius 3 is 2.94 bits per heavy atom. The van der Waals surface area contributed by atoms with Crippen molar-refractivity contribution < 1.29 is 0 Å². The lowest BCUT2D eigenvalue weighted by Crippen LogP contribution is -2.22. The predicted octanol–water partition coefficient (Wildman–Crippen LogP) is 3.07. The number of halogens is 1. The molecule has 4 heteroatoms. The van der Waals surface area contributed by atoms with Crippen molar-refractivity contribution in [2.45, 2.75) is 19.4 Å². The Hall–Kier alpha value is -1.13. The minimum atomic E-state index is 0.334. The van der Waals surface area contributed by atoms with Crippen LogP contribution in [0.5, 0.6) is 0 Å². The van der Waals surface area contributed by atoms with Crippen LogP contribution in [-0.2, 0) is 6.42 Å². The van der Waals surface area contributed by atoms with Crippen molar-refractivity contribution in [2.75, 3.05) is 6.54 Å². The molecule has 1 aromatic carbocycles. The summed E-state index contributed by atoms with van der Waals surface area (Å²) >= 11 is 3.57. The second-order valence-corrected chi connectivity index (χ2v) is 4.84. The molecule has 0 aliphatic rings. The maximum atomic E-state index is 4.20. The highest BCUT2D eigenvalue weighted by molar-refractivity contribution is 9.10. The van der Waals surface area contributed by atoms with Gasteiger partial charge in [-0.2, -0.15) is 0 Å². The van der Waals surface area contributed by atoms with Gasteiger partial charge in [0.25, 0.3) is 0 Å². The van der Waals surface area contributed by atoms with Gasteiger partial charge in [-0.3, -0.25) is 0 Å². The van der Waals surface area contributed by atoms with Gasteiger partial charge >= 0.3 is 0 Å². The van der Waals surface area contributed by atoms with Gasteiger partial charge in [-0.1, -0.05) is 34.1 Å². The highest BCUT2D eigenvalue weighted by Crippen LogP contribution is 2.22. The zero-order chi connectivity index (χ0) is 12.1. The van der Waals surface area contributed by atoms with Gasteiger partial charge in [-0.05, 0) is 18.6 Å². The van der Waals surface area contributed by atoms with Crippen LogP contribution in [0, 0.1) is 0 Å². The van der Waals surface area contributed by atoms with Crippen molar-refractivity contribution >= 4 is 15.9 Å². The molecule has 1 atom stereocenters. The van der Waals surface area contributed by atoms with Crippen molar-refractivity contribution in [1.29, 1.82) is 0 Å². The zero-order valence-corrected chi connectivity index (χ0v) is 11.4. The maximum absolute atomic E-state index is 4.20. The number of rotatable bonds is 5. The molecule has 2 aromatic rings. The molecule has 0 spiro atoms. The van der Waals surface area contributed by atoms with Crippen molar-refractivity contribution in [2.24, 2.45) is 0 Å². The van der Waals surface area contributed by atoms with E-state index in [1.807, 2.05) is 12.3 Å². The largest absolute Gasteiger partial charge is 0.349 e. The maximum Gasteiger partial charge on any atom is 0.107 e. The number of H-pyrrole nitrogens is 1. The quantitative estimate of drug-likeness (QED) is 0.889. The molecule has 1 aromatic heterocycles. The van der Waals surface area contributed by atoms with E-state index in [-0.39, 0.29) is 0 Å². The third-order valence-corrected chi connectivity index (χ3v) is 3.46. The first kappa shape index (κ1) is 12.3. The van der Waals surface area contributed by atoms with E-state index in [1.165, 1.54) is 5.56 Å². The van der Waals surface area contributed by atoms with Gasteiger partial charge in [0, 0.05) is 35.9 Å². The summed E-state index contributed by atoms with van der Waals surface area (Å²) in [7, 11) is 0. The Balaban J connectivity index is 1.85. The molecule has 0 saturated carbocycles. The molecule has 0 bridgehead atoms. The zero-order valence-electron chi connectivity index (χ0n) is 9.78. The highest BCUT2D eigenvalue weighted by Gasteiger charge is 2.07. The van der Waals surface area contributed by atoms with Crippen molar-refractivity contribution in [3.8, 4) is 0 Å². The average Bonchev–Trinajstić information content (AvgIpc) is 2.82. The van der Waals surface area contributed by atoms with Crippen LogP contribution in [-0.4, -0.2) is 16.5 Å². The molecule has 0 saturated heterocycles. The van der Waals surface area contributed by atoms with Crippen LogP contribution in [0.15, 0.2) is 41.1 Å². The normalized spacial score (nSPS) is 12.6. The van der Waals surface area contributed by atoms with Crippen LogP contribution >= 0.6 is 15.9 Å². The minimum absolute atomic E-state index is 0.334. The minimum Gasteiger partial charge on any atom is -0.349 e. The lowest BCUT2D eigenvalue weighted by atomic mass is 10.1. The molecule has 2 rings (SSSR count). The topological polar surface area (TPSA) is 40.7 Å². The molecule has 3 nitrogen and oxygen atoms in total. The standard InChI is InChI=1S/C13H16BrN3/c1-10(11-4-2-3-5-12(11)14)15-7-6-13-16-8-9-17-13/h2-5,8-10,15H,6-7H2,1H3,(H,16,17). The van der Waals surface area contributed by atoms with Gasteiger partial charge in [-0.15, -0.1) is 0 Å². The Morgan fingerprint density at radius 2 is 2.24 bits per heavy atom. The molecule has 0 fully saturated rings. The number of hydrogen-bond acceptors (Lipinski definition) is 2. The van der Waals surface area contributed by atoms with Crippen LogP contribution in [0.1, 0.15) is 24.4 Å². The first-order valence-corrected chi connectivity index (χ1v) is 6.52. The van der Waals surface area contributed by atoms with Crippen LogP contribution in [0.3, 0.4) is 0 Å². The lowest BCUT2D eigenvalue weighted by Gasteiger charge is -2.15. The van der Waals surface area contributed by atoms with Crippen molar-refractivity contribution in [1.82, 2.24) is 15.3 Å². The number of hydrogen-bond donors (Lipinski definition) is 2. The second-order valence-electron chi connectivity index (χ2n) is 3.98. The summed E-state index contributed by atoms with van der Waals surface area (Å²) < 4.78 is 1.15. The van der Waals surface area contributed by atoms with E-state index < -0.39 is 0 Å². The summed E-state index contributed by atoms with van der Waals surface area (Å²) in [6.45, 7) is 3.08. The summed E-state index contributed by atoms with van der Waals surface area (Å²) in [6.07, 6.45) is 4.56. The van der Waals surface area contributed by atoms with Crippen LogP contribution < -0.4 is 5.32 Å². The molecule has 17 heavy (non-hydrogen) atoms. The molecule has 90 valence electrons.